The van der Waals surface area contributed by atoms with Crippen LogP contribution in [-0.4, -0.2) is 82.3 Å². The second-order valence-corrected chi connectivity index (χ2v) is 24.8. The van der Waals surface area contributed by atoms with Crippen LogP contribution in [0.1, 0.15) is 284 Å². The van der Waals surface area contributed by atoms with Crippen LogP contribution in [0.2, 0.25) is 0 Å². The summed E-state index contributed by atoms with van der Waals surface area (Å²) in [7, 11) is 5.93. The van der Waals surface area contributed by atoms with Crippen LogP contribution in [0.5, 0.6) is 0 Å². The highest BCUT2D eigenvalue weighted by Crippen LogP contribution is 2.17. The van der Waals surface area contributed by atoms with Crippen molar-refractivity contribution in [2.75, 3.05) is 47.5 Å². The molecule has 9 nitrogen and oxygen atoms in total. The average Bonchev–Trinajstić information content (AvgIpc) is 3.64. The average molecular weight is 1240 g/mol. The van der Waals surface area contributed by atoms with Crippen LogP contribution in [-0.2, 0) is 33.3 Å². The number of hydrogen-bond donors (Lipinski definition) is 0. The molecule has 0 aliphatic rings. The molecular weight excluding hydrogens is 1100 g/mol. The maximum Gasteiger partial charge on any atom is 0.306 e. The van der Waals surface area contributed by atoms with Crippen LogP contribution in [0.25, 0.3) is 0 Å². The molecule has 2 atom stereocenters. The normalized spacial score (nSPS) is 13.6. The van der Waals surface area contributed by atoms with E-state index in [9.17, 15) is 19.5 Å². The van der Waals surface area contributed by atoms with Gasteiger partial charge in [0.25, 0.3) is 0 Å². The predicted octanol–water partition coefficient (Wildman–Crippen LogP) is 21.4. The zero-order valence-electron chi connectivity index (χ0n) is 57.8. The first-order valence-corrected chi connectivity index (χ1v) is 36.0. The standard InChI is InChI=1S/C80H133NO8/c1-6-8-10-12-14-16-18-20-22-24-26-28-30-31-32-33-34-35-36-37-38-39-40-41-42-43-44-45-46-47-49-51-53-55-57-59-61-63-65-67-69-71-78(83)89-76(75-88-80(79(84)85)86-73-72-81(3,4)5)74-87-77(82)70-68-66-64-62-60-58-56-54-52-50-48-29-27-25-23-21-19-17-15-13-11-9-7-2/h8-11,14-17,20-23,26-29,31-32,34-35,37-38,40-41,76,80H,6-7,12-13,18-19,24-25,30,33,36,39,42-75H2,1-5H3/b10-8-,11-9-,16-14-,17-15-,22-20-,23-21-,28-26-,29-27-,32-31-,35-34-,38-37-,41-40-. The van der Waals surface area contributed by atoms with Gasteiger partial charge in [0.15, 0.2) is 12.4 Å². The lowest BCUT2D eigenvalue weighted by Gasteiger charge is -2.26. The van der Waals surface area contributed by atoms with Crippen molar-refractivity contribution in [1.82, 2.24) is 0 Å². The molecule has 2 unspecified atom stereocenters. The Bertz CT molecular complexity index is 1970. The fourth-order valence-corrected chi connectivity index (χ4v) is 9.66. The Balaban J connectivity index is 4.08. The van der Waals surface area contributed by atoms with Gasteiger partial charge in [-0.05, 0) is 116 Å². The molecule has 0 aliphatic carbocycles. The maximum atomic E-state index is 12.9. The van der Waals surface area contributed by atoms with E-state index in [2.05, 4.69) is 160 Å². The van der Waals surface area contributed by atoms with Gasteiger partial charge in [0.1, 0.15) is 13.2 Å². The van der Waals surface area contributed by atoms with Crippen molar-refractivity contribution >= 4 is 17.9 Å². The van der Waals surface area contributed by atoms with E-state index in [0.717, 1.165) is 128 Å². The number of carboxylic acids is 1. The van der Waals surface area contributed by atoms with Crippen molar-refractivity contribution in [2.24, 2.45) is 0 Å². The quantitative estimate of drug-likeness (QED) is 0.0195. The van der Waals surface area contributed by atoms with E-state index < -0.39 is 24.3 Å². The minimum Gasteiger partial charge on any atom is -0.545 e. The topological polar surface area (TPSA) is 111 Å². The molecule has 89 heavy (non-hydrogen) atoms. The van der Waals surface area contributed by atoms with Gasteiger partial charge in [-0.25, -0.2) is 0 Å². The summed E-state index contributed by atoms with van der Waals surface area (Å²) in [6.07, 6.45) is 97.9. The molecule has 0 bridgehead atoms. The van der Waals surface area contributed by atoms with Crippen molar-refractivity contribution in [1.29, 1.82) is 0 Å². The first kappa shape index (κ1) is 84.2. The molecule has 0 heterocycles. The fraction of sp³-hybridized carbons (Fsp3) is 0.662. The van der Waals surface area contributed by atoms with Crippen LogP contribution < -0.4 is 5.11 Å². The molecule has 0 N–H and O–H groups in total. The molecule has 506 valence electrons. The lowest BCUT2D eigenvalue weighted by molar-refractivity contribution is -0.870. The van der Waals surface area contributed by atoms with Gasteiger partial charge in [0, 0.05) is 12.8 Å². The molecule has 9 heteroatoms. The summed E-state index contributed by atoms with van der Waals surface area (Å²) in [4.78, 5) is 37.5. The van der Waals surface area contributed by atoms with E-state index in [-0.39, 0.29) is 38.6 Å². The van der Waals surface area contributed by atoms with E-state index in [4.69, 9.17) is 18.9 Å². The molecule has 0 amide bonds. The Morgan fingerprint density at radius 2 is 0.607 bits per heavy atom. The summed E-state index contributed by atoms with van der Waals surface area (Å²) < 4.78 is 22.8. The Labute approximate surface area is 547 Å². The number of aliphatic carboxylic acids is 1. The van der Waals surface area contributed by atoms with Crippen LogP contribution in [0.3, 0.4) is 0 Å². The summed E-state index contributed by atoms with van der Waals surface area (Å²) in [5, 5.41) is 11.8. The highest BCUT2D eigenvalue weighted by Gasteiger charge is 2.22. The van der Waals surface area contributed by atoms with Crippen molar-refractivity contribution in [3.63, 3.8) is 0 Å². The van der Waals surface area contributed by atoms with E-state index in [1.165, 1.54) is 122 Å². The number of carbonyl (C=O) groups is 3. The van der Waals surface area contributed by atoms with Gasteiger partial charge >= 0.3 is 11.9 Å². The van der Waals surface area contributed by atoms with Crippen molar-refractivity contribution < 1.29 is 42.9 Å². The Kier molecular flexibility index (Phi) is 65.3. The second-order valence-electron chi connectivity index (χ2n) is 24.8. The van der Waals surface area contributed by atoms with Crippen molar-refractivity contribution in [3.8, 4) is 0 Å². The number of rotatable bonds is 65. The number of unbranched alkanes of at least 4 members (excludes halogenated alkanes) is 26. The van der Waals surface area contributed by atoms with Gasteiger partial charge in [0.05, 0.1) is 40.3 Å². The first-order chi connectivity index (χ1) is 43.6. The second kappa shape index (κ2) is 69.1. The zero-order chi connectivity index (χ0) is 64.7. The third-order valence-electron chi connectivity index (χ3n) is 15.1. The first-order valence-electron chi connectivity index (χ1n) is 36.0. The summed E-state index contributed by atoms with van der Waals surface area (Å²) in [5.41, 5.74) is 0. The minimum atomic E-state index is -1.63. The van der Waals surface area contributed by atoms with Gasteiger partial charge in [0.2, 0.25) is 0 Å². The largest absolute Gasteiger partial charge is 0.545 e. The molecule has 0 aromatic carbocycles. The third-order valence-corrected chi connectivity index (χ3v) is 15.1. The van der Waals surface area contributed by atoms with Crippen LogP contribution in [0.4, 0.5) is 0 Å². The molecule has 0 saturated heterocycles. The number of carbonyl (C=O) groups excluding carboxylic acids is 3. The van der Waals surface area contributed by atoms with Crippen LogP contribution in [0, 0.1) is 0 Å². The van der Waals surface area contributed by atoms with Crippen LogP contribution >= 0.6 is 0 Å². The molecule has 0 rings (SSSR count). The lowest BCUT2D eigenvalue weighted by atomic mass is 10.0. The van der Waals surface area contributed by atoms with E-state index in [1.807, 2.05) is 21.1 Å². The number of likely N-dealkylation sites (N-methyl/N-ethyl adjacent to an activating group) is 1. The third kappa shape index (κ3) is 70.5. The van der Waals surface area contributed by atoms with Gasteiger partial charge in [-0.15, -0.1) is 0 Å². The van der Waals surface area contributed by atoms with Gasteiger partial charge in [-0.2, -0.15) is 0 Å². The number of allylic oxidation sites excluding steroid dienone is 24. The van der Waals surface area contributed by atoms with Gasteiger partial charge < -0.3 is 33.3 Å². The highest BCUT2D eigenvalue weighted by molar-refractivity contribution is 5.70. The number of esters is 2. The molecular formula is C80H133NO8. The monoisotopic (exact) mass is 1240 g/mol. The number of quaternary nitrogens is 1. The number of nitrogens with zero attached hydrogens (tertiary/aromatic N) is 1. The predicted molar refractivity (Wildman–Crippen MR) is 379 cm³/mol. The lowest BCUT2D eigenvalue weighted by Crippen LogP contribution is -2.44. The summed E-state index contributed by atoms with van der Waals surface area (Å²) >= 11 is 0. The van der Waals surface area contributed by atoms with Gasteiger partial charge in [-0.3, -0.25) is 9.59 Å². The molecule has 0 spiro atoms. The molecule has 0 saturated carbocycles. The molecule has 0 aromatic heterocycles. The fourth-order valence-electron chi connectivity index (χ4n) is 9.66. The molecule has 0 fully saturated rings. The zero-order valence-corrected chi connectivity index (χ0v) is 57.8. The Morgan fingerprint density at radius 1 is 0.337 bits per heavy atom. The smallest absolute Gasteiger partial charge is 0.306 e. The van der Waals surface area contributed by atoms with Gasteiger partial charge in [-0.1, -0.05) is 301 Å². The Hall–Kier alpha value is -4.83. The molecule has 0 radical (unpaired) electrons. The van der Waals surface area contributed by atoms with E-state index >= 15 is 0 Å². The molecule has 0 aliphatic heterocycles. The summed E-state index contributed by atoms with van der Waals surface area (Å²) in [5.74, 6) is -2.29. The highest BCUT2D eigenvalue weighted by atomic mass is 16.7. The summed E-state index contributed by atoms with van der Waals surface area (Å²) in [6.45, 7) is 4.52. The van der Waals surface area contributed by atoms with Crippen LogP contribution in [0.15, 0.2) is 146 Å². The molecule has 0 aromatic rings. The number of hydrogen-bond acceptors (Lipinski definition) is 8. The minimum absolute atomic E-state index is 0.142. The van der Waals surface area contributed by atoms with E-state index in [0.29, 0.717) is 17.4 Å². The van der Waals surface area contributed by atoms with Crippen molar-refractivity contribution in [3.05, 3.63) is 146 Å². The number of carboxylic acid groups (broad SMARTS) is 1. The van der Waals surface area contributed by atoms with Crippen molar-refractivity contribution in [2.45, 2.75) is 296 Å². The summed E-state index contributed by atoms with van der Waals surface area (Å²) in [6, 6.07) is 0. The number of ether oxygens (including phenoxy) is 4. The maximum absolute atomic E-state index is 12.9. The van der Waals surface area contributed by atoms with E-state index in [1.54, 1.807) is 0 Å². The SMILES string of the molecule is CC/C=C\C/C=C\C/C=C\C/C=C\C/C=C\C/C=C\C/C=C\C/C=C\CCCCCCCCCCCCCCCCCCC(=O)OC(COC(=O)CCCCCCCCCCCC/C=C\C/C=C\C/C=C\C/C=C\CC)COC(OCC[N+](C)(C)C)C(=O)[O-]. The Morgan fingerprint density at radius 3 is 0.899 bits per heavy atom.